The second-order valence-corrected chi connectivity index (χ2v) is 10.2. The summed E-state index contributed by atoms with van der Waals surface area (Å²) >= 11 is 6.06. The summed E-state index contributed by atoms with van der Waals surface area (Å²) in [5.41, 5.74) is 2.78. The maximum absolute atomic E-state index is 13.9. The minimum Gasteiger partial charge on any atom is -0.497 e. The van der Waals surface area contributed by atoms with Gasteiger partial charge in [0.05, 0.1) is 13.5 Å². The third kappa shape index (κ3) is 7.83. The molecule has 0 aromatic heterocycles. The number of nitrogens with zero attached hydrogens (tertiary/aromatic N) is 1. The Labute approximate surface area is 224 Å². The average Bonchev–Trinajstić information content (AvgIpc) is 2.93. The van der Waals surface area contributed by atoms with Gasteiger partial charge in [0.2, 0.25) is 11.8 Å². The first kappa shape index (κ1) is 26.7. The van der Waals surface area contributed by atoms with Crippen LogP contribution in [0, 0.1) is 0 Å². The molecule has 37 heavy (non-hydrogen) atoms. The molecule has 0 radical (unpaired) electrons. The van der Waals surface area contributed by atoms with Gasteiger partial charge in [-0.25, -0.2) is 0 Å². The number of halogens is 1. The first-order chi connectivity index (χ1) is 18.0. The van der Waals surface area contributed by atoms with Crippen molar-refractivity contribution < 1.29 is 14.3 Å². The molecule has 1 fully saturated rings. The van der Waals surface area contributed by atoms with Crippen molar-refractivity contribution in [2.45, 2.75) is 63.6 Å². The Kier molecular flexibility index (Phi) is 9.61. The summed E-state index contributed by atoms with van der Waals surface area (Å²) in [6.45, 7) is 0.305. The molecule has 3 aromatic carbocycles. The fourth-order valence-corrected chi connectivity index (χ4v) is 5.07. The highest BCUT2D eigenvalue weighted by molar-refractivity contribution is 6.30. The average molecular weight is 519 g/mol. The van der Waals surface area contributed by atoms with Crippen molar-refractivity contribution in [3.05, 3.63) is 101 Å². The third-order valence-electron chi connectivity index (χ3n) is 6.98. The normalized spacial score (nSPS) is 14.5. The van der Waals surface area contributed by atoms with Gasteiger partial charge < -0.3 is 15.0 Å². The Bertz CT molecular complexity index is 1160. The van der Waals surface area contributed by atoms with Crippen molar-refractivity contribution in [3.63, 3.8) is 0 Å². The molecule has 1 unspecified atom stereocenters. The molecule has 0 bridgehead atoms. The molecule has 194 valence electrons. The predicted molar refractivity (Wildman–Crippen MR) is 148 cm³/mol. The topological polar surface area (TPSA) is 58.6 Å². The Morgan fingerprint density at radius 1 is 0.919 bits per heavy atom. The molecule has 1 saturated carbocycles. The van der Waals surface area contributed by atoms with Gasteiger partial charge in [0.1, 0.15) is 11.8 Å². The first-order valence-electron chi connectivity index (χ1n) is 13.0. The number of carbonyl (C=O) groups excluding carboxylic acids is 2. The van der Waals surface area contributed by atoms with Gasteiger partial charge in [0.15, 0.2) is 0 Å². The molecule has 6 heteroatoms. The van der Waals surface area contributed by atoms with Crippen LogP contribution in [0.2, 0.25) is 5.02 Å². The Balaban J connectivity index is 1.65. The predicted octanol–water partition coefficient (Wildman–Crippen LogP) is 5.98. The standard InChI is InChI=1S/C31H35ClN2O3/c1-37-28-14-8-11-25(19-28)22-34(30(35)21-24-15-17-26(32)18-16-24)29(20-23-9-4-2-5-10-23)31(36)33-27-12-6-3-7-13-27/h2,4-5,8-11,14-19,27,29H,3,6-7,12-13,20-22H2,1H3,(H,33,36). The van der Waals surface area contributed by atoms with Gasteiger partial charge in [0.25, 0.3) is 0 Å². The van der Waals surface area contributed by atoms with Crippen molar-refractivity contribution in [2.75, 3.05) is 7.11 Å². The third-order valence-corrected chi connectivity index (χ3v) is 7.23. The summed E-state index contributed by atoms with van der Waals surface area (Å²) in [6.07, 6.45) is 6.05. The largest absolute Gasteiger partial charge is 0.497 e. The minimum absolute atomic E-state index is 0.0943. The summed E-state index contributed by atoms with van der Waals surface area (Å²) in [5.74, 6) is 0.516. The molecule has 0 aliphatic heterocycles. The van der Waals surface area contributed by atoms with E-state index in [1.54, 1.807) is 24.1 Å². The van der Waals surface area contributed by atoms with E-state index in [2.05, 4.69) is 5.32 Å². The lowest BCUT2D eigenvalue weighted by molar-refractivity contribution is -0.141. The van der Waals surface area contributed by atoms with E-state index < -0.39 is 6.04 Å². The van der Waals surface area contributed by atoms with Crippen LogP contribution in [0.25, 0.3) is 0 Å². The maximum atomic E-state index is 13.9. The van der Waals surface area contributed by atoms with Gasteiger partial charge in [-0.3, -0.25) is 9.59 Å². The molecular formula is C31H35ClN2O3. The highest BCUT2D eigenvalue weighted by Gasteiger charge is 2.32. The van der Waals surface area contributed by atoms with Crippen LogP contribution in [-0.2, 0) is 29.0 Å². The number of methoxy groups -OCH3 is 1. The van der Waals surface area contributed by atoms with Crippen molar-refractivity contribution in [3.8, 4) is 5.75 Å². The van der Waals surface area contributed by atoms with Crippen LogP contribution in [0.5, 0.6) is 5.75 Å². The monoisotopic (exact) mass is 518 g/mol. The number of ether oxygens (including phenoxy) is 1. The van der Waals surface area contributed by atoms with Crippen LogP contribution in [0.3, 0.4) is 0 Å². The van der Waals surface area contributed by atoms with E-state index in [-0.39, 0.29) is 24.3 Å². The molecule has 0 saturated heterocycles. The molecule has 1 aliphatic carbocycles. The SMILES string of the molecule is COc1cccc(CN(C(=O)Cc2ccc(Cl)cc2)C(Cc2ccccc2)C(=O)NC2CCCCC2)c1. The van der Waals surface area contributed by atoms with Crippen LogP contribution >= 0.6 is 11.6 Å². The molecule has 2 amide bonds. The minimum atomic E-state index is -0.643. The molecular weight excluding hydrogens is 484 g/mol. The molecule has 5 nitrogen and oxygen atoms in total. The number of amides is 2. The van der Waals surface area contributed by atoms with Gasteiger partial charge in [-0.2, -0.15) is 0 Å². The van der Waals surface area contributed by atoms with E-state index in [1.807, 2.05) is 66.7 Å². The highest BCUT2D eigenvalue weighted by atomic mass is 35.5. The smallest absolute Gasteiger partial charge is 0.243 e. The van der Waals surface area contributed by atoms with Crippen LogP contribution in [0.1, 0.15) is 48.8 Å². The quantitative estimate of drug-likeness (QED) is 0.359. The summed E-state index contributed by atoms with van der Waals surface area (Å²) in [5, 5.41) is 3.90. The van der Waals surface area contributed by atoms with Crippen LogP contribution in [0.4, 0.5) is 0 Å². The van der Waals surface area contributed by atoms with Crippen LogP contribution < -0.4 is 10.1 Å². The number of nitrogens with one attached hydrogen (secondary N) is 1. The zero-order valence-corrected chi connectivity index (χ0v) is 22.1. The van der Waals surface area contributed by atoms with Crippen LogP contribution in [0.15, 0.2) is 78.9 Å². The number of hydrogen-bond acceptors (Lipinski definition) is 3. The van der Waals surface area contributed by atoms with Gasteiger partial charge in [-0.15, -0.1) is 0 Å². The second kappa shape index (κ2) is 13.3. The molecule has 1 N–H and O–H groups in total. The summed E-state index contributed by atoms with van der Waals surface area (Å²) in [7, 11) is 1.62. The Hall–Kier alpha value is -3.31. The fourth-order valence-electron chi connectivity index (χ4n) is 4.94. The van der Waals surface area contributed by atoms with Crippen molar-refractivity contribution in [1.29, 1.82) is 0 Å². The zero-order chi connectivity index (χ0) is 26.0. The summed E-state index contributed by atoms with van der Waals surface area (Å²) in [4.78, 5) is 29.4. The summed E-state index contributed by atoms with van der Waals surface area (Å²) < 4.78 is 5.41. The number of carbonyl (C=O) groups is 2. The lowest BCUT2D eigenvalue weighted by Crippen LogP contribution is -2.53. The van der Waals surface area contributed by atoms with Gasteiger partial charge in [0, 0.05) is 24.0 Å². The van der Waals surface area contributed by atoms with Gasteiger partial charge in [-0.05, 0) is 53.8 Å². The molecule has 4 rings (SSSR count). The molecule has 0 spiro atoms. The van der Waals surface area contributed by atoms with E-state index in [4.69, 9.17) is 16.3 Å². The first-order valence-corrected chi connectivity index (χ1v) is 13.4. The van der Waals surface area contributed by atoms with E-state index in [0.29, 0.717) is 23.7 Å². The van der Waals surface area contributed by atoms with Crippen molar-refractivity contribution in [1.82, 2.24) is 10.2 Å². The second-order valence-electron chi connectivity index (χ2n) is 9.73. The van der Waals surface area contributed by atoms with Crippen LogP contribution in [-0.4, -0.2) is 35.9 Å². The molecule has 3 aromatic rings. The summed E-state index contributed by atoms with van der Waals surface area (Å²) in [6, 6.07) is 24.4. The van der Waals surface area contributed by atoms with Gasteiger partial charge >= 0.3 is 0 Å². The molecule has 0 heterocycles. The molecule has 1 atom stereocenters. The fraction of sp³-hybridized carbons (Fsp3) is 0.355. The van der Waals surface area contributed by atoms with E-state index in [9.17, 15) is 9.59 Å². The highest BCUT2D eigenvalue weighted by Crippen LogP contribution is 2.22. The number of rotatable bonds is 10. The lowest BCUT2D eigenvalue weighted by atomic mass is 9.94. The van der Waals surface area contributed by atoms with Gasteiger partial charge in [-0.1, -0.05) is 85.5 Å². The lowest BCUT2D eigenvalue weighted by Gasteiger charge is -2.33. The Morgan fingerprint density at radius 2 is 1.62 bits per heavy atom. The van der Waals surface area contributed by atoms with Crippen molar-refractivity contribution >= 4 is 23.4 Å². The van der Waals surface area contributed by atoms with E-state index >= 15 is 0 Å². The van der Waals surface area contributed by atoms with E-state index in [1.165, 1.54) is 6.42 Å². The number of benzene rings is 3. The number of hydrogen-bond donors (Lipinski definition) is 1. The zero-order valence-electron chi connectivity index (χ0n) is 21.4. The maximum Gasteiger partial charge on any atom is 0.243 e. The Morgan fingerprint density at radius 3 is 2.32 bits per heavy atom. The molecule has 1 aliphatic rings. The van der Waals surface area contributed by atoms with Crippen molar-refractivity contribution in [2.24, 2.45) is 0 Å². The van der Waals surface area contributed by atoms with E-state index in [0.717, 1.165) is 42.4 Å².